The topological polar surface area (TPSA) is 38.9 Å². The van der Waals surface area contributed by atoms with Crippen LogP contribution in [0.25, 0.3) is 11.5 Å². The summed E-state index contributed by atoms with van der Waals surface area (Å²) in [5.41, 5.74) is 1.60. The van der Waals surface area contributed by atoms with E-state index in [2.05, 4.69) is 9.97 Å². The van der Waals surface area contributed by atoms with Gasteiger partial charge in [0.25, 0.3) is 0 Å². The molecule has 1 aromatic carbocycles. The highest BCUT2D eigenvalue weighted by Gasteiger charge is 2.07. The second kappa shape index (κ2) is 5.88. The van der Waals surface area contributed by atoms with Gasteiger partial charge in [-0.15, -0.1) is 0 Å². The van der Waals surface area contributed by atoms with Crippen molar-refractivity contribution in [1.82, 2.24) is 9.97 Å². The number of hydrogen-bond donors (Lipinski definition) is 0. The number of hydrogen-bond acceptors (Lipinski definition) is 4. The molecule has 2 heterocycles. The molecule has 0 atom stereocenters. The van der Waals surface area contributed by atoms with E-state index in [1.807, 2.05) is 18.2 Å². The molecule has 2 aromatic heterocycles. The fourth-order valence-electron chi connectivity index (χ4n) is 1.68. The minimum atomic E-state index is -0.272. The lowest BCUT2D eigenvalue weighted by molar-refractivity contribution is 0.573. The summed E-state index contributed by atoms with van der Waals surface area (Å²) >= 11 is 1.59. The average molecular weight is 286 g/mol. The first kappa shape index (κ1) is 12.9. The molecule has 100 valence electrons. The highest BCUT2D eigenvalue weighted by Crippen LogP contribution is 2.23. The molecule has 0 saturated heterocycles. The maximum absolute atomic E-state index is 12.9. The van der Waals surface area contributed by atoms with Crippen molar-refractivity contribution in [2.24, 2.45) is 0 Å². The molecule has 0 spiro atoms. The molecule has 0 radical (unpaired) electrons. The van der Waals surface area contributed by atoms with Gasteiger partial charge in [0, 0.05) is 17.5 Å². The quantitative estimate of drug-likeness (QED) is 0.675. The summed E-state index contributed by atoms with van der Waals surface area (Å²) in [7, 11) is 0. The predicted octanol–water partition coefficient (Wildman–Crippen LogP) is 4.17. The number of benzene rings is 1. The Morgan fingerprint density at radius 1 is 1.10 bits per heavy atom. The number of oxazole rings is 1. The zero-order valence-electron chi connectivity index (χ0n) is 10.5. The summed E-state index contributed by atoms with van der Waals surface area (Å²) in [5, 5.41) is 0.943. The van der Waals surface area contributed by atoms with Gasteiger partial charge in [-0.25, -0.2) is 14.4 Å². The minimum absolute atomic E-state index is 0.272. The standard InChI is InChI=1S/C15H11FN2OS/c16-12-6-4-11(5-7-12)15-18-13(9-19-15)10-20-14-3-1-2-8-17-14/h1-9H,10H2. The molecule has 3 aromatic rings. The first-order chi connectivity index (χ1) is 9.81. The van der Waals surface area contributed by atoms with Crippen LogP contribution in [0.15, 0.2) is 64.4 Å². The molecule has 0 unspecified atom stereocenters. The van der Waals surface area contributed by atoms with Crippen LogP contribution in [-0.2, 0) is 5.75 Å². The van der Waals surface area contributed by atoms with E-state index >= 15 is 0 Å². The number of rotatable bonds is 4. The van der Waals surface area contributed by atoms with E-state index in [0.717, 1.165) is 16.3 Å². The van der Waals surface area contributed by atoms with Crippen LogP contribution < -0.4 is 0 Å². The molecule has 0 amide bonds. The third-order valence-electron chi connectivity index (χ3n) is 2.65. The number of nitrogens with zero attached hydrogens (tertiary/aromatic N) is 2. The van der Waals surface area contributed by atoms with Crippen LogP contribution in [0.4, 0.5) is 4.39 Å². The van der Waals surface area contributed by atoms with Gasteiger partial charge in [-0.1, -0.05) is 17.8 Å². The molecule has 0 aliphatic carbocycles. The van der Waals surface area contributed by atoms with E-state index in [0.29, 0.717) is 11.6 Å². The zero-order valence-corrected chi connectivity index (χ0v) is 11.3. The molecular weight excluding hydrogens is 275 g/mol. The Morgan fingerprint density at radius 2 is 1.95 bits per heavy atom. The minimum Gasteiger partial charge on any atom is -0.444 e. The van der Waals surface area contributed by atoms with Gasteiger partial charge in [0.2, 0.25) is 5.89 Å². The molecule has 20 heavy (non-hydrogen) atoms. The molecule has 0 bridgehead atoms. The van der Waals surface area contributed by atoms with Crippen LogP contribution in [-0.4, -0.2) is 9.97 Å². The monoisotopic (exact) mass is 286 g/mol. The summed E-state index contributed by atoms with van der Waals surface area (Å²) in [5.74, 6) is 0.912. The highest BCUT2D eigenvalue weighted by atomic mass is 32.2. The van der Waals surface area contributed by atoms with E-state index in [1.165, 1.54) is 12.1 Å². The lowest BCUT2D eigenvalue weighted by Gasteiger charge is -1.96. The Kier molecular flexibility index (Phi) is 3.78. The van der Waals surface area contributed by atoms with Crippen LogP contribution >= 0.6 is 11.8 Å². The molecule has 3 rings (SSSR count). The van der Waals surface area contributed by atoms with E-state index in [4.69, 9.17) is 4.42 Å². The van der Waals surface area contributed by atoms with Crippen molar-refractivity contribution >= 4 is 11.8 Å². The van der Waals surface area contributed by atoms with E-state index in [1.54, 1.807) is 36.4 Å². The maximum Gasteiger partial charge on any atom is 0.226 e. The van der Waals surface area contributed by atoms with E-state index in [9.17, 15) is 4.39 Å². The Bertz CT molecular complexity index is 683. The van der Waals surface area contributed by atoms with E-state index in [-0.39, 0.29) is 5.82 Å². The fourth-order valence-corrected chi connectivity index (χ4v) is 2.42. The fraction of sp³-hybridized carbons (Fsp3) is 0.0667. The molecule has 0 aliphatic heterocycles. The Balaban J connectivity index is 1.69. The highest BCUT2D eigenvalue weighted by molar-refractivity contribution is 7.98. The maximum atomic E-state index is 12.9. The Labute approximate surface area is 119 Å². The van der Waals surface area contributed by atoms with Crippen molar-refractivity contribution in [3.05, 3.63) is 66.4 Å². The molecule has 3 nitrogen and oxygen atoms in total. The van der Waals surface area contributed by atoms with Gasteiger partial charge in [0.15, 0.2) is 0 Å². The number of aromatic nitrogens is 2. The van der Waals surface area contributed by atoms with Gasteiger partial charge >= 0.3 is 0 Å². The zero-order chi connectivity index (χ0) is 13.8. The molecule has 0 saturated carbocycles. The summed E-state index contributed by atoms with van der Waals surface area (Å²) < 4.78 is 18.3. The second-order valence-corrected chi connectivity index (χ2v) is 5.10. The third kappa shape index (κ3) is 3.05. The van der Waals surface area contributed by atoms with Crippen LogP contribution in [0.5, 0.6) is 0 Å². The first-order valence-corrected chi connectivity index (χ1v) is 7.04. The van der Waals surface area contributed by atoms with Crippen molar-refractivity contribution in [3.8, 4) is 11.5 Å². The van der Waals surface area contributed by atoms with Crippen LogP contribution in [0.3, 0.4) is 0 Å². The van der Waals surface area contributed by atoms with Crippen LogP contribution in [0, 0.1) is 5.82 Å². The van der Waals surface area contributed by atoms with Crippen molar-refractivity contribution in [1.29, 1.82) is 0 Å². The number of halogens is 1. The molecule has 0 N–H and O–H groups in total. The van der Waals surface area contributed by atoms with Gasteiger partial charge in [-0.05, 0) is 36.4 Å². The van der Waals surface area contributed by atoms with Crippen LogP contribution in [0.2, 0.25) is 0 Å². The third-order valence-corrected chi connectivity index (χ3v) is 3.63. The SMILES string of the molecule is Fc1ccc(-c2nc(CSc3ccccn3)co2)cc1. The molecule has 0 aliphatic rings. The summed E-state index contributed by atoms with van der Waals surface area (Å²) in [6.07, 6.45) is 3.38. The second-order valence-electron chi connectivity index (χ2n) is 4.11. The number of thioether (sulfide) groups is 1. The molecule has 5 heteroatoms. The van der Waals surface area contributed by atoms with E-state index < -0.39 is 0 Å². The van der Waals surface area contributed by atoms with Crippen LogP contribution in [0.1, 0.15) is 5.69 Å². The summed E-state index contributed by atoms with van der Waals surface area (Å²) in [6, 6.07) is 11.9. The average Bonchev–Trinajstić information content (AvgIpc) is 2.96. The van der Waals surface area contributed by atoms with Crippen molar-refractivity contribution < 1.29 is 8.81 Å². The van der Waals surface area contributed by atoms with Crippen molar-refractivity contribution in [3.63, 3.8) is 0 Å². The van der Waals surface area contributed by atoms with Crippen molar-refractivity contribution in [2.45, 2.75) is 10.8 Å². The van der Waals surface area contributed by atoms with Gasteiger partial charge in [-0.3, -0.25) is 0 Å². The smallest absolute Gasteiger partial charge is 0.226 e. The van der Waals surface area contributed by atoms with Gasteiger partial charge < -0.3 is 4.42 Å². The lowest BCUT2D eigenvalue weighted by atomic mass is 10.2. The van der Waals surface area contributed by atoms with Gasteiger partial charge in [-0.2, -0.15) is 0 Å². The van der Waals surface area contributed by atoms with Gasteiger partial charge in [0.05, 0.1) is 10.7 Å². The summed E-state index contributed by atoms with van der Waals surface area (Å²) in [6.45, 7) is 0. The number of pyridine rings is 1. The molecular formula is C15H11FN2OS. The van der Waals surface area contributed by atoms with Gasteiger partial charge in [0.1, 0.15) is 12.1 Å². The van der Waals surface area contributed by atoms with Crippen molar-refractivity contribution in [2.75, 3.05) is 0 Å². The normalized spacial score (nSPS) is 10.7. The predicted molar refractivity (Wildman–Crippen MR) is 75.7 cm³/mol. The molecule has 0 fully saturated rings. The largest absolute Gasteiger partial charge is 0.444 e. The lowest BCUT2D eigenvalue weighted by Crippen LogP contribution is -1.84. The Hall–Kier alpha value is -2.14. The summed E-state index contributed by atoms with van der Waals surface area (Å²) in [4.78, 5) is 8.62. The first-order valence-electron chi connectivity index (χ1n) is 6.05. The Morgan fingerprint density at radius 3 is 2.70 bits per heavy atom.